The Bertz CT molecular complexity index is 1130. The highest BCUT2D eigenvalue weighted by Gasteiger charge is 2.83. The first-order valence-corrected chi connectivity index (χ1v) is 14.0. The van der Waals surface area contributed by atoms with Gasteiger partial charge in [-0.2, -0.15) is 39.5 Å². The van der Waals surface area contributed by atoms with Gasteiger partial charge in [0.05, 0.1) is 31.7 Å². The number of alkyl halides is 10. The topological polar surface area (TPSA) is 18.5 Å². The first-order valence-electron chi connectivity index (χ1n) is 14.0. The summed E-state index contributed by atoms with van der Waals surface area (Å²) >= 11 is 0. The minimum atomic E-state index is -5.60. The van der Waals surface area contributed by atoms with Gasteiger partial charge >= 0.3 is 35.5 Å². The Kier molecular flexibility index (Phi) is 9.96. The van der Waals surface area contributed by atoms with Crippen molar-refractivity contribution in [3.8, 4) is 0 Å². The Hall–Kier alpha value is -2.44. The molecular formula is C29H36F10NO2+. The van der Waals surface area contributed by atoms with Gasteiger partial charge in [-0.1, -0.05) is 70.4 Å². The summed E-state index contributed by atoms with van der Waals surface area (Å²) < 4.78 is 157. The van der Waals surface area contributed by atoms with E-state index < -0.39 is 57.8 Å². The van der Waals surface area contributed by atoms with Crippen LogP contribution in [0.25, 0.3) is 0 Å². The first kappa shape index (κ1) is 34.1. The summed E-state index contributed by atoms with van der Waals surface area (Å²) in [6, 6.07) is 3.19. The fourth-order valence-corrected chi connectivity index (χ4v) is 5.37. The first-order chi connectivity index (χ1) is 19.5. The number of unbranched alkanes of at least 4 members (excludes halogenated alkanes) is 9. The van der Waals surface area contributed by atoms with E-state index in [0.717, 1.165) is 63.1 Å². The van der Waals surface area contributed by atoms with Crippen molar-refractivity contribution < 1.29 is 53.4 Å². The Morgan fingerprint density at radius 3 is 1.67 bits per heavy atom. The number of quaternary nitrogens is 1. The predicted molar refractivity (Wildman–Crippen MR) is 138 cm³/mol. The van der Waals surface area contributed by atoms with Crippen LogP contribution in [0.4, 0.5) is 49.6 Å². The van der Waals surface area contributed by atoms with Crippen LogP contribution in [-0.4, -0.2) is 43.3 Å². The van der Waals surface area contributed by atoms with Gasteiger partial charge < -0.3 is 9.47 Å². The molecule has 3 rings (SSSR count). The van der Waals surface area contributed by atoms with Gasteiger partial charge in [0.25, 0.3) is 0 Å². The van der Waals surface area contributed by atoms with Crippen LogP contribution in [0, 0.1) is 0 Å². The SMILES string of the molecule is CCCCCCCCCCCC[N+](C)(c1ccccc1C1(F)OC=CC(F)(F)C1(F)F)C1(F)OC=CC(F)(F)C1(F)F. The van der Waals surface area contributed by atoms with E-state index in [-0.39, 0.29) is 31.1 Å². The number of hydrogen-bond acceptors (Lipinski definition) is 2. The molecule has 42 heavy (non-hydrogen) atoms. The van der Waals surface area contributed by atoms with Crippen LogP contribution in [0.2, 0.25) is 0 Å². The van der Waals surface area contributed by atoms with E-state index in [1.54, 1.807) is 0 Å². The summed E-state index contributed by atoms with van der Waals surface area (Å²) in [4.78, 5) is 0. The van der Waals surface area contributed by atoms with Crippen molar-refractivity contribution >= 4 is 5.69 Å². The lowest BCUT2D eigenvalue weighted by Crippen LogP contribution is -2.75. The van der Waals surface area contributed by atoms with E-state index in [0.29, 0.717) is 26.0 Å². The highest BCUT2D eigenvalue weighted by Crippen LogP contribution is 2.59. The second kappa shape index (κ2) is 12.3. The number of para-hydroxylation sites is 1. The van der Waals surface area contributed by atoms with Crippen LogP contribution >= 0.6 is 0 Å². The van der Waals surface area contributed by atoms with Crippen molar-refractivity contribution in [2.45, 2.75) is 107 Å². The molecule has 0 spiro atoms. The highest BCUT2D eigenvalue weighted by molar-refractivity contribution is 5.55. The third-order valence-electron chi connectivity index (χ3n) is 8.01. The second-order valence-corrected chi connectivity index (χ2v) is 11.0. The molecule has 1 aromatic carbocycles. The molecule has 238 valence electrons. The van der Waals surface area contributed by atoms with E-state index in [9.17, 15) is 26.3 Å². The minimum absolute atomic E-state index is 0.0167. The van der Waals surface area contributed by atoms with Gasteiger partial charge in [-0.15, -0.1) is 4.39 Å². The zero-order valence-corrected chi connectivity index (χ0v) is 23.4. The summed E-state index contributed by atoms with van der Waals surface area (Å²) in [5.41, 5.74) is -2.50. The van der Waals surface area contributed by atoms with Crippen molar-refractivity contribution in [3.05, 3.63) is 54.5 Å². The molecule has 3 atom stereocenters. The highest BCUT2D eigenvalue weighted by atomic mass is 19.3. The molecule has 0 saturated carbocycles. The quantitative estimate of drug-likeness (QED) is 0.0892. The fraction of sp³-hybridized carbons (Fsp3) is 0.655. The van der Waals surface area contributed by atoms with Crippen molar-refractivity contribution in [2.24, 2.45) is 0 Å². The lowest BCUT2D eigenvalue weighted by molar-refractivity contribution is -0.377. The number of ether oxygens (including phenoxy) is 2. The number of rotatable bonds is 14. The molecule has 2 aliphatic heterocycles. The number of nitrogens with zero attached hydrogens (tertiary/aromatic N) is 1. The average Bonchev–Trinajstić information content (AvgIpc) is 2.91. The number of benzene rings is 1. The van der Waals surface area contributed by atoms with Gasteiger partial charge in [0.1, 0.15) is 5.69 Å². The smallest absolute Gasteiger partial charge is 0.457 e. The normalized spacial score (nSPS) is 28.5. The second-order valence-electron chi connectivity index (χ2n) is 11.0. The third-order valence-corrected chi connectivity index (χ3v) is 8.01. The van der Waals surface area contributed by atoms with Crippen molar-refractivity contribution in [2.75, 3.05) is 13.6 Å². The molecule has 0 amide bonds. The minimum Gasteiger partial charge on any atom is -0.457 e. The molecule has 2 heterocycles. The Morgan fingerprint density at radius 1 is 0.619 bits per heavy atom. The molecule has 0 fully saturated rings. The molecule has 0 saturated heterocycles. The van der Waals surface area contributed by atoms with Crippen LogP contribution in [-0.2, 0) is 15.3 Å². The molecule has 13 heteroatoms. The number of hydrogen-bond donors (Lipinski definition) is 0. The molecule has 3 nitrogen and oxygen atoms in total. The van der Waals surface area contributed by atoms with E-state index in [4.69, 9.17) is 0 Å². The third kappa shape index (κ3) is 5.61. The van der Waals surface area contributed by atoms with E-state index in [2.05, 4.69) is 16.4 Å². The summed E-state index contributed by atoms with van der Waals surface area (Å²) in [7, 11) is 0.647. The summed E-state index contributed by atoms with van der Waals surface area (Å²) in [6.07, 6.45) is 6.96. The fourth-order valence-electron chi connectivity index (χ4n) is 5.37. The lowest BCUT2D eigenvalue weighted by Gasteiger charge is -2.50. The van der Waals surface area contributed by atoms with E-state index >= 15 is 17.6 Å². The van der Waals surface area contributed by atoms with Crippen molar-refractivity contribution in [1.82, 2.24) is 4.48 Å². The largest absolute Gasteiger partial charge is 0.474 e. The van der Waals surface area contributed by atoms with Crippen LogP contribution < -0.4 is 4.48 Å². The standard InChI is InChI=1S/C29H36F10NO2/c1-3-4-5-6-7-8-9-10-11-14-19-40(2,29(39)28(37,38)25(32,33)18-21-42-29)23-16-13-12-15-22(23)26(34)27(35,36)24(30,31)17-20-41-26/h12-13,15-18,20-21H,3-11,14,19H2,1-2H3/q+1. The molecule has 0 N–H and O–H groups in total. The number of halogens is 10. The van der Waals surface area contributed by atoms with Gasteiger partial charge in [-0.3, -0.25) is 0 Å². The lowest BCUT2D eigenvalue weighted by atomic mass is 9.90. The zero-order valence-electron chi connectivity index (χ0n) is 23.4. The Balaban J connectivity index is 2.00. The van der Waals surface area contributed by atoms with Crippen LogP contribution in [0.3, 0.4) is 0 Å². The maximum absolute atomic E-state index is 16.5. The van der Waals surface area contributed by atoms with Gasteiger partial charge in [-0.05, 0) is 25.0 Å². The van der Waals surface area contributed by atoms with Crippen LogP contribution in [0.1, 0.15) is 76.7 Å². The number of allylic oxidation sites excluding steroid dienone is 2. The maximum atomic E-state index is 16.5. The van der Waals surface area contributed by atoms with E-state index in [1.807, 2.05) is 0 Å². The van der Waals surface area contributed by atoms with Crippen molar-refractivity contribution in [3.63, 3.8) is 0 Å². The average molecular weight is 621 g/mol. The van der Waals surface area contributed by atoms with Gasteiger partial charge in [0.15, 0.2) is 0 Å². The van der Waals surface area contributed by atoms with Gasteiger partial charge in [0, 0.05) is 12.2 Å². The predicted octanol–water partition coefficient (Wildman–Crippen LogP) is 9.92. The molecular weight excluding hydrogens is 584 g/mol. The summed E-state index contributed by atoms with van der Waals surface area (Å²) in [5, 5.41) is 0. The Labute approximate surface area is 238 Å². The zero-order chi connectivity index (χ0) is 31.5. The molecule has 2 aliphatic rings. The Morgan fingerprint density at radius 2 is 1.10 bits per heavy atom. The summed E-state index contributed by atoms with van der Waals surface area (Å²) in [6.45, 7) is 1.32. The summed E-state index contributed by atoms with van der Waals surface area (Å²) in [5.74, 6) is -30.7. The van der Waals surface area contributed by atoms with E-state index in [1.165, 1.54) is 0 Å². The van der Waals surface area contributed by atoms with Gasteiger partial charge in [0.2, 0.25) is 0 Å². The van der Waals surface area contributed by atoms with Crippen molar-refractivity contribution in [1.29, 1.82) is 0 Å². The maximum Gasteiger partial charge on any atom is 0.474 e. The molecule has 0 bridgehead atoms. The molecule has 0 aliphatic carbocycles. The molecule has 3 unspecified atom stereocenters. The monoisotopic (exact) mass is 620 g/mol. The molecule has 0 aromatic heterocycles. The molecule has 1 aromatic rings. The van der Waals surface area contributed by atoms with Gasteiger partial charge in [-0.25, -0.2) is 4.48 Å². The molecule has 0 radical (unpaired) electrons. The van der Waals surface area contributed by atoms with Crippen LogP contribution in [0.5, 0.6) is 0 Å². The van der Waals surface area contributed by atoms with Crippen LogP contribution in [0.15, 0.2) is 48.9 Å².